The molecule has 0 aliphatic carbocycles. The fourth-order valence-corrected chi connectivity index (χ4v) is 5.92. The van der Waals surface area contributed by atoms with Crippen molar-refractivity contribution in [2.24, 2.45) is 0 Å². The van der Waals surface area contributed by atoms with Crippen molar-refractivity contribution >= 4 is 62.3 Å². The average Bonchev–Trinajstić information content (AvgIpc) is 2.86. The third-order valence-corrected chi connectivity index (χ3v) is 8.37. The van der Waals surface area contributed by atoms with E-state index in [2.05, 4.69) is 5.32 Å². The second kappa shape index (κ2) is 12.8. The van der Waals surface area contributed by atoms with Gasteiger partial charge < -0.3 is 10.2 Å². The molecule has 0 saturated heterocycles. The zero-order valence-electron chi connectivity index (χ0n) is 21.1. The number of carbonyl (C=O) groups is 2. The summed E-state index contributed by atoms with van der Waals surface area (Å²) in [7, 11) is -4.23. The maximum absolute atomic E-state index is 13.9. The Hall–Kier alpha value is -2.78. The summed E-state index contributed by atoms with van der Waals surface area (Å²) >= 11 is 18.8. The summed E-state index contributed by atoms with van der Waals surface area (Å²) in [6, 6.07) is 17.9. The molecule has 11 heteroatoms. The number of carbonyl (C=O) groups excluding carboxylic acids is 2. The van der Waals surface area contributed by atoms with Crippen LogP contribution in [-0.2, 0) is 26.2 Å². The van der Waals surface area contributed by atoms with Gasteiger partial charge in [0.05, 0.1) is 15.6 Å². The van der Waals surface area contributed by atoms with Crippen LogP contribution in [0, 0.1) is 0 Å². The Morgan fingerprint density at radius 1 is 0.868 bits per heavy atom. The molecule has 3 rings (SSSR count). The molecule has 0 aromatic heterocycles. The highest BCUT2D eigenvalue weighted by atomic mass is 35.5. The second-order valence-corrected chi connectivity index (χ2v) is 12.0. The van der Waals surface area contributed by atoms with Crippen LogP contribution in [0.4, 0.5) is 5.69 Å². The predicted octanol–water partition coefficient (Wildman–Crippen LogP) is 5.78. The lowest BCUT2D eigenvalue weighted by Crippen LogP contribution is -2.52. The lowest BCUT2D eigenvalue weighted by atomic mass is 10.1. The van der Waals surface area contributed by atoms with E-state index in [4.69, 9.17) is 34.8 Å². The van der Waals surface area contributed by atoms with Gasteiger partial charge in [0.25, 0.3) is 10.0 Å². The van der Waals surface area contributed by atoms with Gasteiger partial charge in [-0.15, -0.1) is 0 Å². The number of amides is 2. The molecule has 3 aromatic carbocycles. The average molecular weight is 597 g/mol. The largest absolute Gasteiger partial charge is 0.352 e. The Kier molecular flexibility index (Phi) is 10.1. The van der Waals surface area contributed by atoms with Gasteiger partial charge in [0, 0.05) is 22.6 Å². The molecule has 0 spiro atoms. The van der Waals surface area contributed by atoms with Crippen molar-refractivity contribution in [3.8, 4) is 0 Å². The van der Waals surface area contributed by atoms with E-state index in [-0.39, 0.29) is 34.1 Å². The first-order valence-corrected chi connectivity index (χ1v) is 14.3. The molecule has 0 bridgehead atoms. The highest BCUT2D eigenvalue weighted by Gasteiger charge is 2.33. The standard InChI is InChI=1S/C27H28Cl3N3O4S/c1-18(2)31-27(35)19(3)32(16-20-9-7-8-12-23(20)29)26(34)17-33(25-14-13-21(28)15-24(25)30)38(36,37)22-10-5-4-6-11-22/h4-15,18-19H,16-17H2,1-3H3,(H,31,35)/t19-/m0/s1. The molecule has 0 saturated carbocycles. The lowest BCUT2D eigenvalue weighted by molar-refractivity contribution is -0.139. The maximum atomic E-state index is 13.9. The molecular formula is C27H28Cl3N3O4S. The van der Waals surface area contributed by atoms with Gasteiger partial charge >= 0.3 is 0 Å². The van der Waals surface area contributed by atoms with Crippen LogP contribution in [0.5, 0.6) is 0 Å². The smallest absolute Gasteiger partial charge is 0.264 e. The zero-order chi connectivity index (χ0) is 28.0. The van der Waals surface area contributed by atoms with Crippen LogP contribution in [0.15, 0.2) is 77.7 Å². The van der Waals surface area contributed by atoms with Gasteiger partial charge in [-0.25, -0.2) is 8.42 Å². The first-order chi connectivity index (χ1) is 17.9. The van der Waals surface area contributed by atoms with E-state index in [0.717, 1.165) is 4.31 Å². The Balaban J connectivity index is 2.07. The summed E-state index contributed by atoms with van der Waals surface area (Å²) in [6.45, 7) is 4.56. The van der Waals surface area contributed by atoms with Crippen LogP contribution >= 0.6 is 34.8 Å². The van der Waals surface area contributed by atoms with E-state index >= 15 is 0 Å². The minimum Gasteiger partial charge on any atom is -0.352 e. The lowest BCUT2D eigenvalue weighted by Gasteiger charge is -2.32. The summed E-state index contributed by atoms with van der Waals surface area (Å²) in [5.41, 5.74) is 0.680. The van der Waals surface area contributed by atoms with E-state index in [9.17, 15) is 18.0 Å². The van der Waals surface area contributed by atoms with E-state index in [1.54, 1.807) is 49.4 Å². The summed E-state index contributed by atoms with van der Waals surface area (Å²) in [6.07, 6.45) is 0. The number of benzene rings is 3. The molecule has 0 radical (unpaired) electrons. The van der Waals surface area contributed by atoms with Crippen LogP contribution in [0.25, 0.3) is 0 Å². The highest BCUT2D eigenvalue weighted by molar-refractivity contribution is 7.92. The molecule has 202 valence electrons. The minimum atomic E-state index is -4.23. The van der Waals surface area contributed by atoms with Crippen LogP contribution in [0.2, 0.25) is 15.1 Å². The second-order valence-electron chi connectivity index (χ2n) is 8.87. The Labute approximate surface area is 238 Å². The number of rotatable bonds is 10. The number of hydrogen-bond donors (Lipinski definition) is 1. The third-order valence-electron chi connectivity index (χ3n) is 5.69. The van der Waals surface area contributed by atoms with Gasteiger partial charge in [-0.3, -0.25) is 13.9 Å². The zero-order valence-corrected chi connectivity index (χ0v) is 24.2. The number of hydrogen-bond acceptors (Lipinski definition) is 4. The van der Waals surface area contributed by atoms with E-state index < -0.39 is 28.5 Å². The fraction of sp³-hybridized carbons (Fsp3) is 0.259. The molecule has 0 fully saturated rings. The molecular weight excluding hydrogens is 569 g/mol. The molecule has 0 aliphatic rings. The summed E-state index contributed by atoms with van der Waals surface area (Å²) in [4.78, 5) is 28.1. The normalized spacial score (nSPS) is 12.2. The van der Waals surface area contributed by atoms with Gasteiger partial charge in [-0.05, 0) is 62.7 Å². The predicted molar refractivity (Wildman–Crippen MR) is 152 cm³/mol. The van der Waals surface area contributed by atoms with Crippen LogP contribution in [0.3, 0.4) is 0 Å². The molecule has 0 heterocycles. The maximum Gasteiger partial charge on any atom is 0.264 e. The van der Waals surface area contributed by atoms with Crippen molar-refractivity contribution in [1.29, 1.82) is 0 Å². The first-order valence-electron chi connectivity index (χ1n) is 11.8. The topological polar surface area (TPSA) is 86.8 Å². The molecule has 2 amide bonds. The van der Waals surface area contributed by atoms with Gasteiger partial charge in [0.1, 0.15) is 12.6 Å². The SMILES string of the molecule is CC(C)NC(=O)[C@H](C)N(Cc1ccccc1Cl)C(=O)CN(c1ccc(Cl)cc1Cl)S(=O)(=O)c1ccccc1. The molecule has 3 aromatic rings. The number of nitrogens with one attached hydrogen (secondary N) is 1. The third kappa shape index (κ3) is 7.20. The van der Waals surface area contributed by atoms with Crippen molar-refractivity contribution in [2.45, 2.75) is 44.3 Å². The molecule has 1 N–H and O–H groups in total. The van der Waals surface area contributed by atoms with Gasteiger partial charge in [-0.1, -0.05) is 71.2 Å². The molecule has 1 atom stereocenters. The molecule has 0 unspecified atom stereocenters. The highest BCUT2D eigenvalue weighted by Crippen LogP contribution is 2.33. The molecule has 7 nitrogen and oxygen atoms in total. The van der Waals surface area contributed by atoms with Crippen LogP contribution in [0.1, 0.15) is 26.3 Å². The van der Waals surface area contributed by atoms with Crippen molar-refractivity contribution in [1.82, 2.24) is 10.2 Å². The van der Waals surface area contributed by atoms with Gasteiger partial charge in [-0.2, -0.15) is 0 Å². The molecule has 0 aliphatic heterocycles. The number of sulfonamides is 1. The van der Waals surface area contributed by atoms with Gasteiger partial charge in [0.15, 0.2) is 0 Å². The van der Waals surface area contributed by atoms with E-state index in [1.807, 2.05) is 13.8 Å². The van der Waals surface area contributed by atoms with Crippen molar-refractivity contribution in [2.75, 3.05) is 10.8 Å². The van der Waals surface area contributed by atoms with Crippen LogP contribution in [-0.4, -0.2) is 43.8 Å². The summed E-state index contributed by atoms with van der Waals surface area (Å²) < 4.78 is 28.4. The summed E-state index contributed by atoms with van der Waals surface area (Å²) in [5.74, 6) is -1.01. The van der Waals surface area contributed by atoms with Crippen molar-refractivity contribution in [3.63, 3.8) is 0 Å². The monoisotopic (exact) mass is 595 g/mol. The molecule has 38 heavy (non-hydrogen) atoms. The number of anilines is 1. The first kappa shape index (κ1) is 29.8. The van der Waals surface area contributed by atoms with Gasteiger partial charge in [0.2, 0.25) is 11.8 Å². The fourth-order valence-electron chi connectivity index (χ4n) is 3.71. The minimum absolute atomic E-state index is 0.0151. The summed E-state index contributed by atoms with van der Waals surface area (Å²) in [5, 5.41) is 3.57. The van der Waals surface area contributed by atoms with Crippen LogP contribution < -0.4 is 9.62 Å². The number of nitrogens with zero attached hydrogens (tertiary/aromatic N) is 2. The van der Waals surface area contributed by atoms with Crippen molar-refractivity contribution < 1.29 is 18.0 Å². The van der Waals surface area contributed by atoms with Crippen molar-refractivity contribution in [3.05, 3.63) is 93.4 Å². The Morgan fingerprint density at radius 3 is 2.11 bits per heavy atom. The number of halogens is 3. The van der Waals surface area contributed by atoms with E-state index in [1.165, 1.54) is 35.2 Å². The Bertz CT molecular complexity index is 1400. The Morgan fingerprint density at radius 2 is 1.50 bits per heavy atom. The quantitative estimate of drug-likeness (QED) is 0.321. The van der Waals surface area contributed by atoms with E-state index in [0.29, 0.717) is 15.6 Å².